The third-order valence-corrected chi connectivity index (χ3v) is 4.00. The van der Waals surface area contributed by atoms with E-state index in [1.54, 1.807) is 18.3 Å². The molecule has 0 aliphatic carbocycles. The second kappa shape index (κ2) is 6.39. The van der Waals surface area contributed by atoms with Crippen LogP contribution in [-0.2, 0) is 12.6 Å². The van der Waals surface area contributed by atoms with Crippen LogP contribution in [0.4, 0.5) is 23.1 Å². The number of aromatic nitrogens is 2. The summed E-state index contributed by atoms with van der Waals surface area (Å²) in [5.41, 5.74) is 1.09. The van der Waals surface area contributed by atoms with E-state index in [9.17, 15) is 18.0 Å². The van der Waals surface area contributed by atoms with Gasteiger partial charge in [-0.1, -0.05) is 11.3 Å². The summed E-state index contributed by atoms with van der Waals surface area (Å²) in [5, 5.41) is 13.8. The number of urea groups is 1. The van der Waals surface area contributed by atoms with Crippen LogP contribution in [0.25, 0.3) is 0 Å². The maximum absolute atomic E-state index is 12.3. The first kappa shape index (κ1) is 15.7. The Hall–Kier alpha value is -1.68. The van der Waals surface area contributed by atoms with E-state index in [1.807, 2.05) is 16.8 Å². The van der Waals surface area contributed by atoms with Gasteiger partial charge in [0.2, 0.25) is 10.1 Å². The summed E-state index contributed by atoms with van der Waals surface area (Å²) in [7, 11) is 0. The average Bonchev–Trinajstić information content (AvgIpc) is 2.98. The lowest BCUT2D eigenvalue weighted by atomic mass is 10.1. The number of nitrogens with one attached hydrogen (secondary N) is 2. The van der Waals surface area contributed by atoms with Crippen molar-refractivity contribution in [3.8, 4) is 0 Å². The highest BCUT2D eigenvalue weighted by atomic mass is 32.1. The van der Waals surface area contributed by atoms with Crippen molar-refractivity contribution < 1.29 is 18.0 Å². The van der Waals surface area contributed by atoms with Crippen molar-refractivity contribution in [1.29, 1.82) is 0 Å². The molecule has 2 rings (SSSR count). The quantitative estimate of drug-likeness (QED) is 0.899. The lowest BCUT2D eigenvalue weighted by Gasteiger charge is -2.12. The van der Waals surface area contributed by atoms with Crippen LogP contribution in [0.2, 0.25) is 0 Å². The van der Waals surface area contributed by atoms with E-state index in [4.69, 9.17) is 0 Å². The molecule has 2 amide bonds. The van der Waals surface area contributed by atoms with Crippen molar-refractivity contribution in [3.63, 3.8) is 0 Å². The van der Waals surface area contributed by atoms with Gasteiger partial charge in [-0.3, -0.25) is 5.32 Å². The summed E-state index contributed by atoms with van der Waals surface area (Å²) >= 11 is 1.84. The molecular formula is C11H11F3N4OS2. The van der Waals surface area contributed by atoms with E-state index in [1.165, 1.54) is 0 Å². The summed E-state index contributed by atoms with van der Waals surface area (Å²) in [6.45, 7) is 1.80. The number of thiophene rings is 1. The van der Waals surface area contributed by atoms with Crippen LogP contribution < -0.4 is 10.6 Å². The van der Waals surface area contributed by atoms with E-state index in [0.29, 0.717) is 6.42 Å². The zero-order valence-electron chi connectivity index (χ0n) is 10.8. The number of halogens is 3. The van der Waals surface area contributed by atoms with Gasteiger partial charge in [0, 0.05) is 6.04 Å². The molecule has 0 aromatic carbocycles. The standard InChI is InChI=1S/C11H11F3N4OS2/c1-6(4-7-2-3-20-5-7)15-9(19)16-10-18-17-8(21-10)11(12,13)14/h2-3,5-6H,4H2,1H3,(H2,15,16,18,19)/t6-/m0/s1. The topological polar surface area (TPSA) is 66.9 Å². The molecule has 0 radical (unpaired) electrons. The van der Waals surface area contributed by atoms with Crippen molar-refractivity contribution in [3.05, 3.63) is 27.4 Å². The van der Waals surface area contributed by atoms with Crippen LogP contribution in [0, 0.1) is 0 Å². The molecule has 10 heteroatoms. The van der Waals surface area contributed by atoms with Crippen molar-refractivity contribution in [1.82, 2.24) is 15.5 Å². The zero-order valence-corrected chi connectivity index (χ0v) is 12.4. The molecule has 21 heavy (non-hydrogen) atoms. The molecule has 0 aliphatic heterocycles. The van der Waals surface area contributed by atoms with Gasteiger partial charge in [-0.25, -0.2) is 4.79 Å². The van der Waals surface area contributed by atoms with Gasteiger partial charge in [0.25, 0.3) is 0 Å². The summed E-state index contributed by atoms with van der Waals surface area (Å²) in [6.07, 6.45) is -3.92. The van der Waals surface area contributed by atoms with Gasteiger partial charge in [0.15, 0.2) is 0 Å². The smallest absolute Gasteiger partial charge is 0.335 e. The Morgan fingerprint density at radius 1 is 1.43 bits per heavy atom. The molecule has 0 bridgehead atoms. The number of amides is 2. The van der Waals surface area contributed by atoms with Gasteiger partial charge in [0.1, 0.15) is 0 Å². The van der Waals surface area contributed by atoms with Crippen molar-refractivity contribution in [2.24, 2.45) is 0 Å². The highest BCUT2D eigenvalue weighted by molar-refractivity contribution is 7.15. The maximum atomic E-state index is 12.3. The average molecular weight is 336 g/mol. The number of anilines is 1. The molecule has 2 aromatic heterocycles. The predicted molar refractivity (Wildman–Crippen MR) is 74.6 cm³/mol. The molecule has 2 aromatic rings. The number of carbonyl (C=O) groups excluding carboxylic acids is 1. The second-order valence-electron chi connectivity index (χ2n) is 4.25. The molecule has 0 spiro atoms. The fraction of sp³-hybridized carbons (Fsp3) is 0.364. The van der Waals surface area contributed by atoms with E-state index in [-0.39, 0.29) is 22.5 Å². The van der Waals surface area contributed by atoms with Crippen LogP contribution in [0.1, 0.15) is 17.5 Å². The monoisotopic (exact) mass is 336 g/mol. The number of hydrogen-bond acceptors (Lipinski definition) is 5. The molecule has 0 saturated carbocycles. The van der Waals surface area contributed by atoms with Gasteiger partial charge in [-0.15, -0.1) is 10.2 Å². The van der Waals surface area contributed by atoms with E-state index in [2.05, 4.69) is 20.8 Å². The molecule has 0 unspecified atom stereocenters. The van der Waals surface area contributed by atoms with Crippen molar-refractivity contribution in [2.75, 3.05) is 5.32 Å². The van der Waals surface area contributed by atoms with E-state index in [0.717, 1.165) is 5.56 Å². The molecule has 114 valence electrons. The van der Waals surface area contributed by atoms with Crippen LogP contribution >= 0.6 is 22.7 Å². The third kappa shape index (κ3) is 4.67. The Bertz CT molecular complexity index is 597. The molecule has 0 fully saturated rings. The molecule has 2 N–H and O–H groups in total. The van der Waals surface area contributed by atoms with Gasteiger partial charge >= 0.3 is 12.2 Å². The van der Waals surface area contributed by atoms with Crippen molar-refractivity contribution >= 4 is 33.8 Å². The summed E-state index contributed by atoms with van der Waals surface area (Å²) in [5.74, 6) is 0. The van der Waals surface area contributed by atoms with Crippen LogP contribution in [0.3, 0.4) is 0 Å². The number of hydrogen-bond donors (Lipinski definition) is 2. The second-order valence-corrected chi connectivity index (χ2v) is 6.00. The lowest BCUT2D eigenvalue weighted by molar-refractivity contribution is -0.138. The Labute approximate surface area is 126 Å². The molecule has 1 atom stereocenters. The zero-order chi connectivity index (χ0) is 15.5. The molecule has 2 heterocycles. The fourth-order valence-electron chi connectivity index (χ4n) is 1.56. The van der Waals surface area contributed by atoms with Crippen LogP contribution in [0.15, 0.2) is 16.8 Å². The minimum absolute atomic E-state index is 0.158. The Balaban J connectivity index is 1.85. The highest BCUT2D eigenvalue weighted by Crippen LogP contribution is 2.32. The fourth-order valence-corrected chi connectivity index (χ4v) is 2.85. The third-order valence-electron chi connectivity index (χ3n) is 2.39. The largest absolute Gasteiger partial charge is 0.445 e. The van der Waals surface area contributed by atoms with Gasteiger partial charge in [-0.2, -0.15) is 24.5 Å². The molecule has 5 nitrogen and oxygen atoms in total. The van der Waals surface area contributed by atoms with E-state index < -0.39 is 17.2 Å². The summed E-state index contributed by atoms with van der Waals surface area (Å²) < 4.78 is 37.0. The Kier molecular flexibility index (Phi) is 4.78. The Morgan fingerprint density at radius 3 is 2.76 bits per heavy atom. The first-order valence-electron chi connectivity index (χ1n) is 5.84. The van der Waals surface area contributed by atoms with Crippen LogP contribution in [0.5, 0.6) is 0 Å². The van der Waals surface area contributed by atoms with Gasteiger partial charge in [0.05, 0.1) is 0 Å². The summed E-state index contributed by atoms with van der Waals surface area (Å²) in [6, 6.07) is 1.18. The lowest BCUT2D eigenvalue weighted by Crippen LogP contribution is -2.37. The Morgan fingerprint density at radius 2 is 2.19 bits per heavy atom. The number of rotatable bonds is 4. The normalized spacial score (nSPS) is 13.0. The highest BCUT2D eigenvalue weighted by Gasteiger charge is 2.35. The van der Waals surface area contributed by atoms with Crippen molar-refractivity contribution in [2.45, 2.75) is 25.6 Å². The van der Waals surface area contributed by atoms with Gasteiger partial charge in [-0.05, 0) is 35.7 Å². The van der Waals surface area contributed by atoms with Crippen LogP contribution in [-0.4, -0.2) is 22.3 Å². The first-order valence-corrected chi connectivity index (χ1v) is 7.60. The predicted octanol–water partition coefficient (Wildman–Crippen LogP) is 3.37. The minimum atomic E-state index is -4.56. The molecule has 0 saturated heterocycles. The maximum Gasteiger partial charge on any atom is 0.445 e. The number of carbonyl (C=O) groups is 1. The number of alkyl halides is 3. The SMILES string of the molecule is C[C@@H](Cc1ccsc1)NC(=O)Nc1nnc(C(F)(F)F)s1. The number of nitrogens with zero attached hydrogens (tertiary/aromatic N) is 2. The molecular weight excluding hydrogens is 325 g/mol. The molecule has 0 aliphatic rings. The van der Waals surface area contributed by atoms with E-state index >= 15 is 0 Å². The first-order chi connectivity index (χ1) is 9.84. The minimum Gasteiger partial charge on any atom is -0.335 e. The summed E-state index contributed by atoms with van der Waals surface area (Å²) in [4.78, 5) is 11.6. The van der Waals surface area contributed by atoms with Gasteiger partial charge < -0.3 is 5.32 Å².